The minimum atomic E-state index is -3.20. The third kappa shape index (κ3) is 3.25. The zero-order valence-corrected chi connectivity index (χ0v) is 13.3. The number of rotatable bonds is 4. The molecule has 120 valence electrons. The van der Waals surface area contributed by atoms with Gasteiger partial charge in [-0.1, -0.05) is 30.3 Å². The topological polar surface area (TPSA) is 87.8 Å². The van der Waals surface area contributed by atoms with Gasteiger partial charge in [-0.3, -0.25) is 4.99 Å². The second kappa shape index (κ2) is 5.89. The number of piperidine rings is 1. The summed E-state index contributed by atoms with van der Waals surface area (Å²) >= 11 is 0. The Bertz CT molecular complexity index is 649. The van der Waals surface area contributed by atoms with Crippen LogP contribution in [0, 0.1) is 0 Å². The number of benzene rings is 1. The molecule has 1 spiro atoms. The fourth-order valence-electron chi connectivity index (χ4n) is 3.08. The van der Waals surface area contributed by atoms with E-state index in [1.807, 2.05) is 30.3 Å². The Morgan fingerprint density at radius 1 is 1.23 bits per heavy atom. The lowest BCUT2D eigenvalue weighted by Gasteiger charge is -2.38. The maximum absolute atomic E-state index is 12.5. The Kier molecular flexibility index (Phi) is 4.10. The van der Waals surface area contributed by atoms with Gasteiger partial charge in [0.1, 0.15) is 0 Å². The molecule has 3 N–H and O–H groups in total. The molecule has 2 aliphatic heterocycles. The summed E-state index contributed by atoms with van der Waals surface area (Å²) in [6, 6.07) is 9.72. The van der Waals surface area contributed by atoms with Crippen molar-refractivity contribution in [3.8, 4) is 0 Å². The molecule has 0 bridgehead atoms. The van der Waals surface area contributed by atoms with Crippen molar-refractivity contribution in [1.29, 1.82) is 0 Å². The lowest BCUT2D eigenvalue weighted by Crippen LogP contribution is -2.56. The molecule has 1 aromatic rings. The number of sulfonamides is 1. The molecule has 7 heteroatoms. The van der Waals surface area contributed by atoms with Crippen LogP contribution in [0.15, 0.2) is 35.3 Å². The van der Waals surface area contributed by atoms with Gasteiger partial charge in [-0.15, -0.1) is 0 Å². The predicted molar refractivity (Wildman–Crippen MR) is 87.1 cm³/mol. The van der Waals surface area contributed by atoms with Crippen LogP contribution in [0.5, 0.6) is 0 Å². The third-order valence-electron chi connectivity index (χ3n) is 4.51. The Morgan fingerprint density at radius 2 is 1.91 bits per heavy atom. The summed E-state index contributed by atoms with van der Waals surface area (Å²) in [6.45, 7) is 1.72. The summed E-state index contributed by atoms with van der Waals surface area (Å²) in [7, 11) is -3.20. The first-order valence-corrected chi connectivity index (χ1v) is 9.20. The van der Waals surface area contributed by atoms with Gasteiger partial charge >= 0.3 is 0 Å². The van der Waals surface area contributed by atoms with Gasteiger partial charge in [-0.25, -0.2) is 12.7 Å². The summed E-state index contributed by atoms with van der Waals surface area (Å²) in [6.07, 6.45) is 2.06. The highest BCUT2D eigenvalue weighted by Crippen LogP contribution is 2.27. The predicted octanol–water partition coefficient (Wildman–Crippen LogP) is 0.311. The molecule has 22 heavy (non-hydrogen) atoms. The molecular weight excluding hydrogens is 300 g/mol. The smallest absolute Gasteiger partial charge is 0.214 e. The SMILES string of the molecule is NC1=NCC2(CCN(S(=O)(=O)CCc3ccccc3)CC2)N1. The van der Waals surface area contributed by atoms with Crippen molar-refractivity contribution in [3.05, 3.63) is 35.9 Å². The van der Waals surface area contributed by atoms with E-state index in [9.17, 15) is 8.42 Å². The standard InChI is InChI=1S/C15H22N4O2S/c16-14-17-12-15(18-14)7-9-19(10-8-15)22(20,21)11-6-13-4-2-1-3-5-13/h1-5H,6-12H2,(H3,16,17,18). The number of nitrogens with one attached hydrogen (secondary N) is 1. The van der Waals surface area contributed by atoms with Gasteiger partial charge in [-0.2, -0.15) is 0 Å². The Morgan fingerprint density at radius 3 is 2.50 bits per heavy atom. The van der Waals surface area contributed by atoms with Crippen molar-refractivity contribution in [2.75, 3.05) is 25.4 Å². The van der Waals surface area contributed by atoms with E-state index in [2.05, 4.69) is 10.3 Å². The number of hydrogen-bond donors (Lipinski definition) is 2. The highest BCUT2D eigenvalue weighted by Gasteiger charge is 2.40. The van der Waals surface area contributed by atoms with Gasteiger partial charge in [0.15, 0.2) is 5.96 Å². The zero-order chi connectivity index (χ0) is 15.6. The molecule has 1 fully saturated rings. The van der Waals surface area contributed by atoms with Gasteiger partial charge in [0.05, 0.1) is 17.8 Å². The normalized spacial score (nSPS) is 21.5. The molecule has 0 amide bonds. The number of nitrogens with zero attached hydrogens (tertiary/aromatic N) is 2. The van der Waals surface area contributed by atoms with Crippen LogP contribution in [0.2, 0.25) is 0 Å². The van der Waals surface area contributed by atoms with Crippen LogP contribution in [0.3, 0.4) is 0 Å². The summed E-state index contributed by atoms with van der Waals surface area (Å²) in [5, 5.41) is 3.21. The van der Waals surface area contributed by atoms with Crippen LogP contribution < -0.4 is 11.1 Å². The summed E-state index contributed by atoms with van der Waals surface area (Å²) in [4.78, 5) is 4.19. The average Bonchev–Trinajstić information content (AvgIpc) is 2.87. The lowest BCUT2D eigenvalue weighted by molar-refractivity contribution is 0.231. The van der Waals surface area contributed by atoms with Crippen LogP contribution in [0.4, 0.5) is 0 Å². The van der Waals surface area contributed by atoms with E-state index in [0.29, 0.717) is 32.0 Å². The molecule has 3 rings (SSSR count). The maximum Gasteiger partial charge on any atom is 0.214 e. The van der Waals surface area contributed by atoms with Crippen LogP contribution in [-0.2, 0) is 16.4 Å². The number of hydrogen-bond acceptors (Lipinski definition) is 5. The van der Waals surface area contributed by atoms with Crippen LogP contribution in [0.25, 0.3) is 0 Å². The van der Waals surface area contributed by atoms with E-state index in [1.165, 1.54) is 0 Å². The molecule has 0 radical (unpaired) electrons. The molecule has 0 unspecified atom stereocenters. The first-order chi connectivity index (χ1) is 10.5. The number of guanidine groups is 1. The van der Waals surface area contributed by atoms with Crippen molar-refractivity contribution in [3.63, 3.8) is 0 Å². The van der Waals surface area contributed by atoms with Gasteiger partial charge < -0.3 is 11.1 Å². The molecule has 6 nitrogen and oxygen atoms in total. The van der Waals surface area contributed by atoms with Crippen LogP contribution in [0.1, 0.15) is 18.4 Å². The number of aliphatic imine (C=N–C) groups is 1. The monoisotopic (exact) mass is 322 g/mol. The molecule has 1 saturated heterocycles. The van der Waals surface area contributed by atoms with Crippen molar-refractivity contribution in [1.82, 2.24) is 9.62 Å². The van der Waals surface area contributed by atoms with Gasteiger partial charge in [-0.05, 0) is 24.8 Å². The van der Waals surface area contributed by atoms with Crippen molar-refractivity contribution in [2.45, 2.75) is 24.8 Å². The Hall–Kier alpha value is -1.60. The molecule has 2 heterocycles. The molecule has 0 atom stereocenters. The number of aryl methyl sites for hydroxylation is 1. The van der Waals surface area contributed by atoms with Crippen molar-refractivity contribution in [2.24, 2.45) is 10.7 Å². The minimum absolute atomic E-state index is 0.129. The quantitative estimate of drug-likeness (QED) is 0.835. The molecular formula is C15H22N4O2S. The summed E-state index contributed by atoms with van der Waals surface area (Å²) in [5.74, 6) is 0.635. The van der Waals surface area contributed by atoms with Gasteiger partial charge in [0.2, 0.25) is 10.0 Å². The Balaban J connectivity index is 1.56. The average molecular weight is 322 g/mol. The molecule has 2 aliphatic rings. The highest BCUT2D eigenvalue weighted by molar-refractivity contribution is 7.89. The largest absolute Gasteiger partial charge is 0.370 e. The van der Waals surface area contributed by atoms with Crippen molar-refractivity contribution >= 4 is 16.0 Å². The van der Waals surface area contributed by atoms with E-state index >= 15 is 0 Å². The summed E-state index contributed by atoms with van der Waals surface area (Å²) < 4.78 is 26.6. The molecule has 1 aromatic carbocycles. The lowest BCUT2D eigenvalue weighted by atomic mass is 9.89. The number of nitrogens with two attached hydrogens (primary N) is 1. The van der Waals surface area contributed by atoms with Gasteiger partial charge in [0, 0.05) is 13.1 Å². The second-order valence-corrected chi connectivity index (χ2v) is 8.15. The Labute approximate surface area is 131 Å². The molecule has 0 aliphatic carbocycles. The summed E-state index contributed by atoms with van der Waals surface area (Å²) in [5.41, 5.74) is 6.60. The van der Waals surface area contributed by atoms with Crippen LogP contribution in [-0.4, -0.2) is 49.6 Å². The fraction of sp³-hybridized carbons (Fsp3) is 0.533. The van der Waals surface area contributed by atoms with E-state index in [-0.39, 0.29) is 11.3 Å². The van der Waals surface area contributed by atoms with E-state index in [0.717, 1.165) is 18.4 Å². The second-order valence-electron chi connectivity index (χ2n) is 6.06. The van der Waals surface area contributed by atoms with Crippen LogP contribution >= 0.6 is 0 Å². The first-order valence-electron chi connectivity index (χ1n) is 7.59. The third-order valence-corrected chi connectivity index (χ3v) is 6.38. The van der Waals surface area contributed by atoms with E-state index in [4.69, 9.17) is 5.73 Å². The molecule has 0 saturated carbocycles. The van der Waals surface area contributed by atoms with Gasteiger partial charge in [0.25, 0.3) is 0 Å². The zero-order valence-electron chi connectivity index (χ0n) is 12.5. The molecule has 0 aromatic heterocycles. The fourth-order valence-corrected chi connectivity index (χ4v) is 4.57. The highest BCUT2D eigenvalue weighted by atomic mass is 32.2. The van der Waals surface area contributed by atoms with E-state index in [1.54, 1.807) is 4.31 Å². The first kappa shape index (κ1) is 15.3. The van der Waals surface area contributed by atoms with Crippen molar-refractivity contribution < 1.29 is 8.42 Å². The minimum Gasteiger partial charge on any atom is -0.370 e. The van der Waals surface area contributed by atoms with E-state index < -0.39 is 10.0 Å². The maximum atomic E-state index is 12.5.